The molecular formula is C11H17ClN4O2S2. The number of benzene rings is 1. The van der Waals surface area contributed by atoms with Crippen molar-refractivity contribution in [1.29, 1.82) is 0 Å². The first-order valence-electron chi connectivity index (χ1n) is 5.99. The Balaban J connectivity index is 0.00000200. The van der Waals surface area contributed by atoms with E-state index in [0.29, 0.717) is 17.6 Å². The summed E-state index contributed by atoms with van der Waals surface area (Å²) in [5.41, 5.74) is 1.03. The highest BCUT2D eigenvalue weighted by Crippen LogP contribution is 2.20. The lowest BCUT2D eigenvalue weighted by Crippen LogP contribution is -2.38. The summed E-state index contributed by atoms with van der Waals surface area (Å²) < 4.78 is 35.2. The van der Waals surface area contributed by atoms with E-state index in [-0.39, 0.29) is 23.3 Å². The van der Waals surface area contributed by atoms with Gasteiger partial charge in [0.2, 0.25) is 10.0 Å². The highest BCUT2D eigenvalue weighted by molar-refractivity contribution is 7.89. The van der Waals surface area contributed by atoms with Crippen molar-refractivity contribution < 1.29 is 8.42 Å². The van der Waals surface area contributed by atoms with Crippen LogP contribution in [0.2, 0.25) is 0 Å². The van der Waals surface area contributed by atoms with E-state index in [4.69, 9.17) is 0 Å². The summed E-state index contributed by atoms with van der Waals surface area (Å²) in [7, 11) is -3.56. The van der Waals surface area contributed by atoms with Crippen LogP contribution in [0.4, 0.5) is 0 Å². The van der Waals surface area contributed by atoms with Gasteiger partial charge in [-0.15, -0.1) is 12.4 Å². The lowest BCUT2D eigenvalue weighted by atomic mass is 10.3. The summed E-state index contributed by atoms with van der Waals surface area (Å²) >= 11 is 1.01. The summed E-state index contributed by atoms with van der Waals surface area (Å²) in [6.45, 7) is 5.04. The fourth-order valence-corrected chi connectivity index (χ4v) is 3.63. The van der Waals surface area contributed by atoms with E-state index in [9.17, 15) is 8.42 Å². The van der Waals surface area contributed by atoms with Crippen molar-refractivity contribution >= 4 is 45.2 Å². The first-order valence-corrected chi connectivity index (χ1v) is 8.20. The molecule has 20 heavy (non-hydrogen) atoms. The minimum absolute atomic E-state index is 0. The fraction of sp³-hybridized carbons (Fsp3) is 0.455. The van der Waals surface area contributed by atoms with Gasteiger partial charge in [-0.05, 0) is 25.6 Å². The molecule has 0 radical (unpaired) electrons. The molecule has 1 aromatic carbocycles. The Morgan fingerprint density at radius 2 is 2.10 bits per heavy atom. The molecule has 112 valence electrons. The molecule has 0 saturated carbocycles. The number of fused-ring (bicyclic) bond motifs is 1. The van der Waals surface area contributed by atoms with E-state index in [1.165, 1.54) is 0 Å². The second kappa shape index (κ2) is 7.28. The SMILES string of the molecule is CCN[C@H](C)CNS(=O)(=O)c1cccc2nsnc12.Cl. The highest BCUT2D eigenvalue weighted by Gasteiger charge is 2.19. The van der Waals surface area contributed by atoms with Crippen LogP contribution in [-0.4, -0.2) is 36.3 Å². The van der Waals surface area contributed by atoms with Crippen LogP contribution in [0.5, 0.6) is 0 Å². The van der Waals surface area contributed by atoms with Crippen LogP contribution >= 0.6 is 24.1 Å². The maximum Gasteiger partial charge on any atom is 0.242 e. The molecule has 0 spiro atoms. The van der Waals surface area contributed by atoms with Crippen LogP contribution in [0.3, 0.4) is 0 Å². The van der Waals surface area contributed by atoms with Gasteiger partial charge in [0.25, 0.3) is 0 Å². The van der Waals surface area contributed by atoms with E-state index < -0.39 is 10.0 Å². The van der Waals surface area contributed by atoms with Crippen LogP contribution in [0.1, 0.15) is 13.8 Å². The largest absolute Gasteiger partial charge is 0.313 e. The van der Waals surface area contributed by atoms with Gasteiger partial charge in [0.15, 0.2) is 0 Å². The van der Waals surface area contributed by atoms with Crippen LogP contribution in [0.25, 0.3) is 11.0 Å². The van der Waals surface area contributed by atoms with Crippen LogP contribution < -0.4 is 10.0 Å². The lowest BCUT2D eigenvalue weighted by Gasteiger charge is -2.13. The van der Waals surface area contributed by atoms with Crippen molar-refractivity contribution in [3.8, 4) is 0 Å². The Hall–Kier alpha value is -0.800. The van der Waals surface area contributed by atoms with Crippen LogP contribution in [-0.2, 0) is 10.0 Å². The molecule has 0 unspecified atom stereocenters. The minimum Gasteiger partial charge on any atom is -0.313 e. The quantitative estimate of drug-likeness (QED) is 0.832. The van der Waals surface area contributed by atoms with Gasteiger partial charge >= 0.3 is 0 Å². The predicted molar refractivity (Wildman–Crippen MR) is 83.0 cm³/mol. The average Bonchev–Trinajstić information content (AvgIpc) is 2.84. The van der Waals surface area contributed by atoms with Crippen molar-refractivity contribution in [2.75, 3.05) is 13.1 Å². The molecule has 1 heterocycles. The molecule has 0 aliphatic heterocycles. The molecule has 2 aromatic rings. The van der Waals surface area contributed by atoms with Crippen molar-refractivity contribution in [3.05, 3.63) is 18.2 Å². The van der Waals surface area contributed by atoms with Gasteiger partial charge in [0.05, 0.1) is 11.7 Å². The fourth-order valence-electron chi connectivity index (χ4n) is 1.73. The smallest absolute Gasteiger partial charge is 0.242 e. The maximum absolute atomic E-state index is 12.3. The predicted octanol–water partition coefficient (Wildman–Crippen LogP) is 1.39. The second-order valence-corrected chi connectivity index (χ2v) is 6.46. The van der Waals surface area contributed by atoms with E-state index >= 15 is 0 Å². The molecule has 0 fully saturated rings. The monoisotopic (exact) mass is 336 g/mol. The van der Waals surface area contributed by atoms with Crippen molar-refractivity contribution in [3.63, 3.8) is 0 Å². The molecule has 0 aliphatic rings. The Bertz CT molecular complexity index is 659. The Labute approximate surface area is 128 Å². The molecule has 0 amide bonds. The van der Waals surface area contributed by atoms with Gasteiger partial charge < -0.3 is 5.32 Å². The molecule has 0 aliphatic carbocycles. The summed E-state index contributed by atoms with van der Waals surface area (Å²) in [6.07, 6.45) is 0. The summed E-state index contributed by atoms with van der Waals surface area (Å²) in [6, 6.07) is 5.04. The number of likely N-dealkylation sites (N-methyl/N-ethyl adjacent to an activating group) is 1. The molecule has 2 N–H and O–H groups in total. The number of sulfonamides is 1. The average molecular weight is 337 g/mol. The normalized spacial score (nSPS) is 13.1. The van der Waals surface area contributed by atoms with Gasteiger partial charge in [0, 0.05) is 12.6 Å². The third-order valence-corrected chi connectivity index (χ3v) is 4.67. The molecule has 2 rings (SSSR count). The van der Waals surface area contributed by atoms with Gasteiger partial charge in [-0.25, -0.2) is 13.1 Å². The van der Waals surface area contributed by atoms with Gasteiger partial charge in [-0.1, -0.05) is 13.0 Å². The summed E-state index contributed by atoms with van der Waals surface area (Å²) in [5.74, 6) is 0. The number of hydrogen-bond acceptors (Lipinski definition) is 6. The van der Waals surface area contributed by atoms with Crippen molar-refractivity contribution in [2.24, 2.45) is 0 Å². The third-order valence-electron chi connectivity index (χ3n) is 2.67. The highest BCUT2D eigenvalue weighted by atomic mass is 35.5. The zero-order valence-corrected chi connectivity index (χ0v) is 13.6. The molecule has 0 saturated heterocycles. The van der Waals surface area contributed by atoms with E-state index in [0.717, 1.165) is 18.3 Å². The van der Waals surface area contributed by atoms with Crippen molar-refractivity contribution in [2.45, 2.75) is 24.8 Å². The summed E-state index contributed by atoms with van der Waals surface area (Å²) in [4.78, 5) is 0.183. The first kappa shape index (κ1) is 17.3. The number of rotatable bonds is 6. The minimum atomic E-state index is -3.56. The van der Waals surface area contributed by atoms with E-state index in [1.807, 2.05) is 13.8 Å². The topological polar surface area (TPSA) is 84.0 Å². The van der Waals surface area contributed by atoms with Crippen LogP contribution in [0, 0.1) is 0 Å². The second-order valence-electron chi connectivity index (χ2n) is 4.20. The molecule has 6 nitrogen and oxygen atoms in total. The standard InChI is InChI=1S/C11H16N4O2S2.ClH/c1-3-12-8(2)7-13-19(16,17)10-6-4-5-9-11(10)15-18-14-9;/h4-6,8,12-13H,3,7H2,1-2H3;1H/t8-;/m1./s1. The van der Waals surface area contributed by atoms with Crippen LogP contribution in [0.15, 0.2) is 23.1 Å². The number of halogens is 1. The number of nitrogens with zero attached hydrogens (tertiary/aromatic N) is 2. The first-order chi connectivity index (χ1) is 9.04. The summed E-state index contributed by atoms with van der Waals surface area (Å²) in [5, 5.41) is 3.15. The Morgan fingerprint density at radius 3 is 2.80 bits per heavy atom. The van der Waals surface area contributed by atoms with Gasteiger partial charge in [-0.3, -0.25) is 0 Å². The number of hydrogen-bond donors (Lipinski definition) is 2. The lowest BCUT2D eigenvalue weighted by molar-refractivity contribution is 0.536. The molecule has 9 heteroatoms. The maximum atomic E-state index is 12.3. The third kappa shape index (κ3) is 3.86. The molecule has 1 aromatic heterocycles. The zero-order chi connectivity index (χ0) is 13.9. The molecule has 0 bridgehead atoms. The van der Waals surface area contributed by atoms with Crippen molar-refractivity contribution in [1.82, 2.24) is 18.8 Å². The van der Waals surface area contributed by atoms with E-state index in [2.05, 4.69) is 18.8 Å². The number of aromatic nitrogens is 2. The van der Waals surface area contributed by atoms with Gasteiger partial charge in [0.1, 0.15) is 15.9 Å². The Kier molecular flexibility index (Phi) is 6.28. The molecular weight excluding hydrogens is 320 g/mol. The van der Waals surface area contributed by atoms with E-state index in [1.54, 1.807) is 18.2 Å². The van der Waals surface area contributed by atoms with Gasteiger partial charge in [-0.2, -0.15) is 8.75 Å². The molecule has 1 atom stereocenters. The zero-order valence-electron chi connectivity index (χ0n) is 11.2. The number of nitrogens with one attached hydrogen (secondary N) is 2. The Morgan fingerprint density at radius 1 is 1.35 bits per heavy atom.